The average Bonchev–Trinajstić information content (AvgIpc) is 3.05. The Morgan fingerprint density at radius 3 is 1.51 bits per heavy atom. The number of phosphoric acid groups is 1. The van der Waals surface area contributed by atoms with Gasteiger partial charge >= 0.3 is 19.8 Å². The smallest absolute Gasteiger partial charge is 0.462 e. The highest BCUT2D eigenvalue weighted by molar-refractivity contribution is 7.47. The van der Waals surface area contributed by atoms with Crippen LogP contribution in [0.3, 0.4) is 0 Å². The molecule has 2 atom stereocenters. The molecule has 0 aliphatic rings. The van der Waals surface area contributed by atoms with Gasteiger partial charge in [0.05, 0.1) is 13.2 Å². The highest BCUT2D eigenvalue weighted by Gasteiger charge is 2.25. The van der Waals surface area contributed by atoms with E-state index < -0.39 is 26.5 Å². The molecule has 10 heteroatoms. The summed E-state index contributed by atoms with van der Waals surface area (Å²) in [6, 6.07) is 0. The van der Waals surface area contributed by atoms with E-state index in [-0.39, 0.29) is 38.6 Å². The molecule has 9 nitrogen and oxygen atoms in total. The van der Waals surface area contributed by atoms with Crippen LogP contribution in [0.4, 0.5) is 0 Å². The minimum atomic E-state index is -4.36. The topological polar surface area (TPSA) is 134 Å². The molecule has 0 aromatic rings. The highest BCUT2D eigenvalue weighted by atomic mass is 31.2. The number of hydrogen-bond donors (Lipinski definition) is 2. The van der Waals surface area contributed by atoms with Gasteiger partial charge in [-0.3, -0.25) is 18.6 Å². The van der Waals surface area contributed by atoms with Crippen molar-refractivity contribution >= 4 is 19.8 Å². The third-order valence-electron chi connectivity index (χ3n) is 8.15. The molecule has 0 aromatic carbocycles. The zero-order valence-electron chi connectivity index (χ0n) is 30.3. The molecule has 0 fully saturated rings. The van der Waals surface area contributed by atoms with Crippen LogP contribution in [0.15, 0.2) is 12.2 Å². The van der Waals surface area contributed by atoms with Crippen LogP contribution in [0.1, 0.15) is 181 Å². The number of carbonyl (C=O) groups is 2. The van der Waals surface area contributed by atoms with E-state index in [1.165, 1.54) is 96.3 Å². The van der Waals surface area contributed by atoms with Crippen molar-refractivity contribution in [2.45, 2.75) is 187 Å². The van der Waals surface area contributed by atoms with E-state index in [0.717, 1.165) is 51.4 Å². The third-order valence-corrected chi connectivity index (χ3v) is 9.14. The maximum Gasteiger partial charge on any atom is 0.472 e. The molecule has 47 heavy (non-hydrogen) atoms. The van der Waals surface area contributed by atoms with Crippen LogP contribution in [0, 0.1) is 0 Å². The Kier molecular flexibility index (Phi) is 33.7. The SMILES string of the molecule is CCCCCCCC/C=C\CCCCCCCC(=O)OCC(COP(=O)(O)OCCN)OC(=O)CCCCCCCCCCCCC. The quantitative estimate of drug-likeness (QED) is 0.0285. The van der Waals surface area contributed by atoms with Crippen molar-refractivity contribution in [1.82, 2.24) is 0 Å². The number of phosphoric ester groups is 1. The molecular weight excluding hydrogens is 617 g/mol. The van der Waals surface area contributed by atoms with E-state index in [1.807, 2.05) is 0 Å². The van der Waals surface area contributed by atoms with Gasteiger partial charge < -0.3 is 20.1 Å². The predicted octanol–water partition coefficient (Wildman–Crippen LogP) is 10.3. The van der Waals surface area contributed by atoms with Crippen LogP contribution in [-0.2, 0) is 32.7 Å². The predicted molar refractivity (Wildman–Crippen MR) is 192 cm³/mol. The number of hydrogen-bond acceptors (Lipinski definition) is 8. The summed E-state index contributed by atoms with van der Waals surface area (Å²) in [5.74, 6) is -0.834. The molecule has 278 valence electrons. The monoisotopic (exact) mass is 689 g/mol. The largest absolute Gasteiger partial charge is 0.472 e. The first-order valence-electron chi connectivity index (χ1n) is 19.2. The van der Waals surface area contributed by atoms with Gasteiger partial charge in [0.25, 0.3) is 0 Å². The lowest BCUT2D eigenvalue weighted by Crippen LogP contribution is -2.29. The molecule has 0 bridgehead atoms. The number of rotatable bonds is 36. The van der Waals surface area contributed by atoms with Crippen LogP contribution in [0.25, 0.3) is 0 Å². The van der Waals surface area contributed by atoms with Crippen LogP contribution in [0.5, 0.6) is 0 Å². The lowest BCUT2D eigenvalue weighted by molar-refractivity contribution is -0.161. The van der Waals surface area contributed by atoms with Gasteiger partial charge in [-0.05, 0) is 38.5 Å². The number of carbonyl (C=O) groups excluding carboxylic acids is 2. The van der Waals surface area contributed by atoms with E-state index in [0.29, 0.717) is 6.42 Å². The Morgan fingerprint density at radius 1 is 0.617 bits per heavy atom. The molecule has 0 rings (SSSR count). The Labute approximate surface area is 288 Å². The molecular formula is C37H72NO8P. The van der Waals surface area contributed by atoms with E-state index in [9.17, 15) is 19.0 Å². The van der Waals surface area contributed by atoms with E-state index >= 15 is 0 Å². The number of unbranched alkanes of at least 4 members (excludes halogenated alkanes) is 21. The molecule has 3 N–H and O–H groups in total. The molecule has 0 radical (unpaired) electrons. The lowest BCUT2D eigenvalue weighted by atomic mass is 10.1. The van der Waals surface area contributed by atoms with Crippen molar-refractivity contribution in [3.05, 3.63) is 12.2 Å². The van der Waals surface area contributed by atoms with Crippen molar-refractivity contribution < 1.29 is 37.6 Å². The van der Waals surface area contributed by atoms with Gasteiger partial charge in [-0.2, -0.15) is 0 Å². The summed E-state index contributed by atoms with van der Waals surface area (Å²) < 4.78 is 32.6. The van der Waals surface area contributed by atoms with Gasteiger partial charge in [0.2, 0.25) is 0 Å². The molecule has 0 aliphatic heterocycles. The summed E-state index contributed by atoms with van der Waals surface area (Å²) >= 11 is 0. The Hall–Kier alpha value is -1.25. The molecule has 0 aliphatic carbocycles. The van der Waals surface area contributed by atoms with Gasteiger partial charge in [0, 0.05) is 19.4 Å². The summed E-state index contributed by atoms with van der Waals surface area (Å²) in [7, 11) is -4.36. The van der Waals surface area contributed by atoms with Crippen LogP contribution in [-0.4, -0.2) is 49.3 Å². The zero-order valence-corrected chi connectivity index (χ0v) is 31.2. The number of allylic oxidation sites excluding steroid dienone is 2. The van der Waals surface area contributed by atoms with Crippen LogP contribution >= 0.6 is 7.82 Å². The summed E-state index contributed by atoms with van der Waals surface area (Å²) in [4.78, 5) is 34.6. The number of ether oxygens (including phenoxy) is 2. The van der Waals surface area contributed by atoms with Gasteiger partial charge in [-0.15, -0.1) is 0 Å². The molecule has 0 heterocycles. The standard InChI is InChI=1S/C37H72NO8P/c1-3-5-7-9-11-13-15-16-17-18-20-21-23-25-27-29-36(39)43-33-35(34-45-47(41,42)44-32-31-38)46-37(40)30-28-26-24-22-19-14-12-10-8-6-4-2/h16-17,35H,3-15,18-34,38H2,1-2H3,(H,41,42)/b17-16-. The van der Waals surface area contributed by atoms with E-state index in [2.05, 4.69) is 26.0 Å². The molecule has 0 spiro atoms. The second kappa shape index (κ2) is 34.6. The maximum atomic E-state index is 12.5. The van der Waals surface area contributed by atoms with Crippen molar-refractivity contribution in [3.8, 4) is 0 Å². The van der Waals surface area contributed by atoms with Crippen molar-refractivity contribution in [3.63, 3.8) is 0 Å². The fraction of sp³-hybridized carbons (Fsp3) is 0.892. The van der Waals surface area contributed by atoms with Gasteiger partial charge in [-0.25, -0.2) is 4.57 Å². The van der Waals surface area contributed by atoms with Gasteiger partial charge in [0.15, 0.2) is 6.10 Å². The second-order valence-electron chi connectivity index (χ2n) is 12.8. The highest BCUT2D eigenvalue weighted by Crippen LogP contribution is 2.43. The first-order chi connectivity index (χ1) is 22.8. The van der Waals surface area contributed by atoms with Crippen LogP contribution < -0.4 is 5.73 Å². The third kappa shape index (κ3) is 34.4. The zero-order chi connectivity index (χ0) is 34.7. The number of esters is 2. The van der Waals surface area contributed by atoms with Crippen molar-refractivity contribution in [2.75, 3.05) is 26.4 Å². The molecule has 2 unspecified atom stereocenters. The molecule has 0 amide bonds. The minimum Gasteiger partial charge on any atom is -0.462 e. The maximum absolute atomic E-state index is 12.5. The number of nitrogens with two attached hydrogens (primary N) is 1. The van der Waals surface area contributed by atoms with Gasteiger partial charge in [-0.1, -0.05) is 142 Å². The first-order valence-corrected chi connectivity index (χ1v) is 20.7. The Bertz CT molecular complexity index is 794. The molecule has 0 saturated heterocycles. The second-order valence-corrected chi connectivity index (χ2v) is 14.3. The van der Waals surface area contributed by atoms with Gasteiger partial charge in [0.1, 0.15) is 6.61 Å². The summed E-state index contributed by atoms with van der Waals surface area (Å²) in [5, 5.41) is 0. The van der Waals surface area contributed by atoms with E-state index in [1.54, 1.807) is 0 Å². The van der Waals surface area contributed by atoms with Crippen molar-refractivity contribution in [2.24, 2.45) is 5.73 Å². The summed E-state index contributed by atoms with van der Waals surface area (Å²) in [6.45, 7) is 3.71. The van der Waals surface area contributed by atoms with Crippen LogP contribution in [0.2, 0.25) is 0 Å². The minimum absolute atomic E-state index is 0.0548. The van der Waals surface area contributed by atoms with Crippen molar-refractivity contribution in [1.29, 1.82) is 0 Å². The molecule has 0 saturated carbocycles. The Morgan fingerprint density at radius 2 is 1.04 bits per heavy atom. The van der Waals surface area contributed by atoms with E-state index in [4.69, 9.17) is 24.3 Å². The molecule has 0 aromatic heterocycles. The average molecular weight is 690 g/mol. The summed E-state index contributed by atoms with van der Waals surface area (Å²) in [6.07, 6.45) is 32.4. The lowest BCUT2D eigenvalue weighted by Gasteiger charge is -2.19. The fourth-order valence-electron chi connectivity index (χ4n) is 5.28. The fourth-order valence-corrected chi connectivity index (χ4v) is 6.04. The normalized spacial score (nSPS) is 13.5. The Balaban J connectivity index is 4.20. The summed E-state index contributed by atoms with van der Waals surface area (Å²) in [5.41, 5.74) is 5.33. The first kappa shape index (κ1) is 45.8.